The van der Waals surface area contributed by atoms with Crippen LogP contribution in [0.1, 0.15) is 45.6 Å². The molecular formula is C22H23N3O4S2. The highest BCUT2D eigenvalue weighted by atomic mass is 32.2. The zero-order valence-corrected chi connectivity index (χ0v) is 19.0. The summed E-state index contributed by atoms with van der Waals surface area (Å²) in [4.78, 5) is 26.2. The minimum absolute atomic E-state index is 0.0958. The summed E-state index contributed by atoms with van der Waals surface area (Å²) in [6, 6.07) is 7.75. The number of methoxy groups -OCH3 is 1. The van der Waals surface area contributed by atoms with Gasteiger partial charge in [0.05, 0.1) is 18.4 Å². The molecule has 0 saturated carbocycles. The number of esters is 1. The monoisotopic (exact) mass is 457 g/mol. The van der Waals surface area contributed by atoms with Gasteiger partial charge >= 0.3 is 5.97 Å². The van der Waals surface area contributed by atoms with Gasteiger partial charge in [-0.15, -0.1) is 21.5 Å². The van der Waals surface area contributed by atoms with E-state index < -0.39 is 5.97 Å². The number of carbonyl (C=O) groups is 2. The lowest BCUT2D eigenvalue weighted by atomic mass is 10.1. The van der Waals surface area contributed by atoms with Gasteiger partial charge in [-0.25, -0.2) is 4.79 Å². The molecule has 0 unspecified atom stereocenters. The quantitative estimate of drug-likeness (QED) is 0.320. The second-order valence-corrected chi connectivity index (χ2v) is 9.32. The first-order chi connectivity index (χ1) is 15.1. The van der Waals surface area contributed by atoms with E-state index in [0.717, 1.165) is 60.6 Å². The second-order valence-electron chi connectivity index (χ2n) is 7.29. The number of aryl methyl sites for hydroxylation is 2. The maximum Gasteiger partial charge on any atom is 0.341 e. The van der Waals surface area contributed by atoms with E-state index >= 15 is 0 Å². The molecule has 0 aliphatic heterocycles. The molecule has 0 atom stereocenters. The number of anilines is 1. The van der Waals surface area contributed by atoms with Gasteiger partial charge in [0.2, 0.25) is 11.8 Å². The van der Waals surface area contributed by atoms with Gasteiger partial charge in [0.15, 0.2) is 0 Å². The zero-order chi connectivity index (χ0) is 21.8. The third-order valence-corrected chi connectivity index (χ3v) is 7.20. The van der Waals surface area contributed by atoms with Gasteiger partial charge in [-0.05, 0) is 49.8 Å². The molecule has 2 aromatic heterocycles. The third-order valence-electron chi connectivity index (χ3n) is 5.17. The average Bonchev–Trinajstić information content (AvgIpc) is 3.30. The molecule has 31 heavy (non-hydrogen) atoms. The summed E-state index contributed by atoms with van der Waals surface area (Å²) in [5.74, 6) is -0.112. The standard InChI is InChI=1S/C22H23N3O4S2/c1-13-8-6-7-9-14(13)19-24-25-22(29-19)30-12-17(26)23-20-18(21(27)28-2)15-10-4-3-5-11-16(15)31-20/h6-9H,3-5,10-12H2,1-2H3,(H,23,26). The van der Waals surface area contributed by atoms with Crippen molar-refractivity contribution in [1.29, 1.82) is 0 Å². The fraction of sp³-hybridized carbons (Fsp3) is 0.364. The van der Waals surface area contributed by atoms with Crippen molar-refractivity contribution < 1.29 is 18.7 Å². The number of nitrogens with one attached hydrogen (secondary N) is 1. The van der Waals surface area contributed by atoms with Gasteiger partial charge in [-0.2, -0.15) is 0 Å². The number of benzene rings is 1. The minimum Gasteiger partial charge on any atom is -0.465 e. The van der Waals surface area contributed by atoms with Crippen molar-refractivity contribution in [2.75, 3.05) is 18.2 Å². The topological polar surface area (TPSA) is 94.3 Å². The van der Waals surface area contributed by atoms with Crippen molar-refractivity contribution in [3.05, 3.63) is 45.8 Å². The first kappa shape index (κ1) is 21.6. The fourth-order valence-corrected chi connectivity index (χ4v) is 5.49. The van der Waals surface area contributed by atoms with Gasteiger partial charge < -0.3 is 14.5 Å². The minimum atomic E-state index is -0.401. The molecule has 1 aliphatic rings. The summed E-state index contributed by atoms with van der Waals surface area (Å²) in [6.07, 6.45) is 5.05. The summed E-state index contributed by atoms with van der Waals surface area (Å²) >= 11 is 2.64. The molecule has 2 heterocycles. The SMILES string of the molecule is COC(=O)c1c(NC(=O)CSc2nnc(-c3ccccc3C)o2)sc2c1CCCCC2. The molecule has 3 aromatic rings. The number of rotatable bonds is 6. The Kier molecular flexibility index (Phi) is 6.72. The Bertz CT molecular complexity index is 1110. The number of aromatic nitrogens is 2. The van der Waals surface area contributed by atoms with E-state index in [1.807, 2.05) is 31.2 Å². The number of carbonyl (C=O) groups excluding carboxylic acids is 2. The summed E-state index contributed by atoms with van der Waals surface area (Å²) in [5, 5.41) is 11.9. The molecule has 0 fully saturated rings. The highest BCUT2D eigenvalue weighted by molar-refractivity contribution is 7.99. The Morgan fingerprint density at radius 1 is 1.19 bits per heavy atom. The highest BCUT2D eigenvalue weighted by Gasteiger charge is 2.26. The van der Waals surface area contributed by atoms with E-state index in [1.165, 1.54) is 23.3 Å². The Balaban J connectivity index is 1.44. The molecule has 162 valence electrons. The van der Waals surface area contributed by atoms with Gasteiger partial charge in [0.1, 0.15) is 5.00 Å². The Morgan fingerprint density at radius 3 is 2.81 bits per heavy atom. The van der Waals surface area contributed by atoms with Crippen LogP contribution in [0.4, 0.5) is 5.00 Å². The van der Waals surface area contributed by atoms with Crippen LogP contribution < -0.4 is 5.32 Å². The molecule has 1 amide bonds. The van der Waals surface area contributed by atoms with E-state index in [0.29, 0.717) is 21.7 Å². The Morgan fingerprint density at radius 2 is 2.00 bits per heavy atom. The van der Waals surface area contributed by atoms with Crippen molar-refractivity contribution in [2.24, 2.45) is 0 Å². The molecule has 1 aromatic carbocycles. The van der Waals surface area contributed by atoms with Crippen LogP contribution >= 0.6 is 23.1 Å². The van der Waals surface area contributed by atoms with Crippen molar-refractivity contribution in [1.82, 2.24) is 10.2 Å². The largest absolute Gasteiger partial charge is 0.465 e. The average molecular weight is 458 g/mol. The van der Waals surface area contributed by atoms with Crippen LogP contribution in [0.15, 0.2) is 33.9 Å². The van der Waals surface area contributed by atoms with E-state index in [-0.39, 0.29) is 11.7 Å². The van der Waals surface area contributed by atoms with E-state index in [2.05, 4.69) is 15.5 Å². The van der Waals surface area contributed by atoms with Crippen molar-refractivity contribution in [3.8, 4) is 11.5 Å². The normalized spacial score (nSPS) is 13.4. The first-order valence-corrected chi connectivity index (χ1v) is 11.9. The number of thiophene rings is 1. The molecular weight excluding hydrogens is 434 g/mol. The number of hydrogen-bond acceptors (Lipinski definition) is 8. The van der Waals surface area contributed by atoms with E-state index in [1.54, 1.807) is 0 Å². The fourth-order valence-electron chi connectivity index (χ4n) is 3.63. The highest BCUT2D eigenvalue weighted by Crippen LogP contribution is 2.38. The zero-order valence-electron chi connectivity index (χ0n) is 17.4. The number of thioether (sulfide) groups is 1. The smallest absolute Gasteiger partial charge is 0.341 e. The van der Waals surface area contributed by atoms with Crippen LogP contribution in [0.3, 0.4) is 0 Å². The summed E-state index contributed by atoms with van der Waals surface area (Å²) in [6.45, 7) is 1.97. The van der Waals surface area contributed by atoms with Crippen LogP contribution in [0.25, 0.3) is 11.5 Å². The molecule has 0 saturated heterocycles. The molecule has 4 rings (SSSR count). The molecule has 1 aliphatic carbocycles. The van der Waals surface area contributed by atoms with Gasteiger partial charge in [0, 0.05) is 10.4 Å². The third kappa shape index (κ3) is 4.83. The molecule has 0 bridgehead atoms. The lowest BCUT2D eigenvalue weighted by Gasteiger charge is -2.07. The molecule has 7 nitrogen and oxygen atoms in total. The Hall–Kier alpha value is -2.65. The van der Waals surface area contributed by atoms with Gasteiger partial charge in [-0.3, -0.25) is 4.79 Å². The number of ether oxygens (including phenoxy) is 1. The summed E-state index contributed by atoms with van der Waals surface area (Å²) in [7, 11) is 1.37. The number of nitrogens with zero attached hydrogens (tertiary/aromatic N) is 2. The van der Waals surface area contributed by atoms with Crippen LogP contribution in [-0.4, -0.2) is 34.9 Å². The lowest BCUT2D eigenvalue weighted by Crippen LogP contribution is -2.16. The lowest BCUT2D eigenvalue weighted by molar-refractivity contribution is -0.113. The second kappa shape index (κ2) is 9.65. The van der Waals surface area contributed by atoms with E-state index in [9.17, 15) is 9.59 Å². The molecule has 0 radical (unpaired) electrons. The van der Waals surface area contributed by atoms with Crippen molar-refractivity contribution >= 4 is 40.0 Å². The van der Waals surface area contributed by atoms with Crippen LogP contribution in [0, 0.1) is 6.92 Å². The van der Waals surface area contributed by atoms with Crippen molar-refractivity contribution in [2.45, 2.75) is 44.3 Å². The van der Waals surface area contributed by atoms with E-state index in [4.69, 9.17) is 9.15 Å². The maximum absolute atomic E-state index is 12.6. The molecule has 0 spiro atoms. The van der Waals surface area contributed by atoms with Crippen LogP contribution in [0.5, 0.6) is 0 Å². The molecule has 9 heteroatoms. The maximum atomic E-state index is 12.6. The summed E-state index contributed by atoms with van der Waals surface area (Å²) in [5.41, 5.74) is 3.43. The van der Waals surface area contributed by atoms with Crippen molar-refractivity contribution in [3.63, 3.8) is 0 Å². The number of amides is 1. The summed E-state index contributed by atoms with van der Waals surface area (Å²) < 4.78 is 10.7. The van der Waals surface area contributed by atoms with Crippen LogP contribution in [-0.2, 0) is 22.4 Å². The Labute approximate surface area is 188 Å². The first-order valence-electron chi connectivity index (χ1n) is 10.1. The number of fused-ring (bicyclic) bond motifs is 1. The number of hydrogen-bond donors (Lipinski definition) is 1. The van der Waals surface area contributed by atoms with Gasteiger partial charge in [-0.1, -0.05) is 36.4 Å². The molecule has 1 N–H and O–H groups in total. The predicted molar refractivity (Wildman–Crippen MR) is 121 cm³/mol. The van der Waals surface area contributed by atoms with Crippen LogP contribution in [0.2, 0.25) is 0 Å². The predicted octanol–water partition coefficient (Wildman–Crippen LogP) is 4.89. The van der Waals surface area contributed by atoms with Gasteiger partial charge in [0.25, 0.3) is 5.22 Å².